The molecule has 7 heteroatoms. The van der Waals surface area contributed by atoms with E-state index in [9.17, 15) is 4.79 Å². The summed E-state index contributed by atoms with van der Waals surface area (Å²) in [6, 6.07) is 5.26. The van der Waals surface area contributed by atoms with Crippen LogP contribution >= 0.6 is 11.8 Å². The van der Waals surface area contributed by atoms with Gasteiger partial charge in [0.15, 0.2) is 5.58 Å². The van der Waals surface area contributed by atoms with Crippen molar-refractivity contribution >= 4 is 34.5 Å². The second kappa shape index (κ2) is 6.62. The minimum atomic E-state index is -0.294. The molecule has 1 atom stereocenters. The zero-order valence-electron chi connectivity index (χ0n) is 11.4. The molecule has 0 aliphatic rings. The number of hydrogen-bond donors (Lipinski definition) is 2. The van der Waals surface area contributed by atoms with E-state index >= 15 is 0 Å². The van der Waals surface area contributed by atoms with Gasteiger partial charge in [0.25, 0.3) is 5.22 Å². The highest BCUT2D eigenvalue weighted by Crippen LogP contribution is 2.27. The van der Waals surface area contributed by atoms with Crippen LogP contribution in [0.4, 0.5) is 5.69 Å². The number of nitrogen functional groups attached to an aromatic ring is 1. The number of methoxy groups -OCH3 is 1. The van der Waals surface area contributed by atoms with Crippen LogP contribution in [0.3, 0.4) is 0 Å². The van der Waals surface area contributed by atoms with Crippen molar-refractivity contribution in [1.29, 1.82) is 0 Å². The Morgan fingerprint density at radius 3 is 3.15 bits per heavy atom. The highest BCUT2D eigenvalue weighted by atomic mass is 32.2. The quantitative estimate of drug-likeness (QED) is 0.478. The largest absolute Gasteiger partial charge is 0.431 e. The number of carbonyl (C=O) groups is 1. The molecule has 0 bridgehead atoms. The predicted octanol–water partition coefficient (Wildman–Crippen LogP) is 1.65. The molecule has 1 amide bonds. The Morgan fingerprint density at radius 1 is 1.60 bits per heavy atom. The third kappa shape index (κ3) is 3.64. The van der Waals surface area contributed by atoms with Crippen molar-refractivity contribution in [2.45, 2.75) is 17.4 Å². The number of amides is 1. The minimum absolute atomic E-state index is 0.0752. The fourth-order valence-electron chi connectivity index (χ4n) is 1.60. The Morgan fingerprint density at radius 2 is 2.40 bits per heavy atom. The molecule has 1 aromatic carbocycles. The summed E-state index contributed by atoms with van der Waals surface area (Å²) in [5.74, 6) is -0.0752. The molecule has 0 spiro atoms. The number of nitrogens with two attached hydrogens (primary N) is 1. The molecule has 6 nitrogen and oxygen atoms in total. The standard InChI is InChI=1S/C13H17N3O3S/c1-8(12(17)15-5-6-18-2)20-13-16-10-7-9(14)3-4-11(10)19-13/h3-4,7-8H,5-6,14H2,1-2H3,(H,15,17). The average molecular weight is 295 g/mol. The number of nitrogens with one attached hydrogen (secondary N) is 1. The Balaban J connectivity index is 1.98. The molecule has 0 saturated heterocycles. The van der Waals surface area contributed by atoms with Gasteiger partial charge in [-0.1, -0.05) is 11.8 Å². The third-order valence-corrected chi connectivity index (χ3v) is 3.59. The molecule has 1 unspecified atom stereocenters. The number of carbonyl (C=O) groups excluding carboxylic acids is 1. The van der Waals surface area contributed by atoms with Gasteiger partial charge in [-0.3, -0.25) is 4.79 Å². The Bertz CT molecular complexity index is 600. The van der Waals surface area contributed by atoms with Crippen molar-refractivity contribution < 1.29 is 13.9 Å². The second-order valence-corrected chi connectivity index (χ2v) is 5.54. The second-order valence-electron chi connectivity index (χ2n) is 4.25. The number of aromatic nitrogens is 1. The van der Waals surface area contributed by atoms with E-state index in [1.165, 1.54) is 11.8 Å². The highest BCUT2D eigenvalue weighted by Gasteiger charge is 2.17. The molecule has 1 heterocycles. The normalized spacial score (nSPS) is 12.5. The third-order valence-electron chi connectivity index (χ3n) is 2.64. The number of oxazole rings is 1. The number of fused-ring (bicyclic) bond motifs is 1. The Kier molecular flexibility index (Phi) is 4.86. The van der Waals surface area contributed by atoms with Gasteiger partial charge in [0, 0.05) is 19.3 Å². The van der Waals surface area contributed by atoms with Crippen LogP contribution in [-0.4, -0.2) is 36.4 Å². The first-order valence-electron chi connectivity index (χ1n) is 6.19. The van der Waals surface area contributed by atoms with Gasteiger partial charge in [-0.05, 0) is 25.1 Å². The number of thioether (sulfide) groups is 1. The monoisotopic (exact) mass is 295 g/mol. The first kappa shape index (κ1) is 14.7. The lowest BCUT2D eigenvalue weighted by Crippen LogP contribution is -2.33. The zero-order chi connectivity index (χ0) is 14.5. The SMILES string of the molecule is COCCNC(=O)C(C)Sc1nc2cc(N)ccc2o1. The summed E-state index contributed by atoms with van der Waals surface area (Å²) < 4.78 is 10.4. The number of ether oxygens (including phenoxy) is 1. The molecule has 3 N–H and O–H groups in total. The maximum absolute atomic E-state index is 11.8. The van der Waals surface area contributed by atoms with Gasteiger partial charge in [-0.15, -0.1) is 0 Å². The van der Waals surface area contributed by atoms with Crippen LogP contribution < -0.4 is 11.1 Å². The maximum Gasteiger partial charge on any atom is 0.257 e. The topological polar surface area (TPSA) is 90.4 Å². The van der Waals surface area contributed by atoms with E-state index in [0.29, 0.717) is 35.2 Å². The van der Waals surface area contributed by atoms with Gasteiger partial charge in [-0.25, -0.2) is 4.98 Å². The number of rotatable bonds is 6. The molecule has 0 saturated carbocycles. The van der Waals surface area contributed by atoms with Crippen molar-refractivity contribution in [3.05, 3.63) is 18.2 Å². The predicted molar refractivity (Wildman–Crippen MR) is 78.6 cm³/mol. The molecule has 1 aromatic heterocycles. The van der Waals surface area contributed by atoms with Crippen LogP contribution in [0.2, 0.25) is 0 Å². The van der Waals surface area contributed by atoms with Gasteiger partial charge in [-0.2, -0.15) is 0 Å². The number of hydrogen-bond acceptors (Lipinski definition) is 6. The van der Waals surface area contributed by atoms with Crippen LogP contribution in [0.15, 0.2) is 27.8 Å². The van der Waals surface area contributed by atoms with E-state index in [-0.39, 0.29) is 11.2 Å². The van der Waals surface area contributed by atoms with Gasteiger partial charge >= 0.3 is 0 Å². The van der Waals surface area contributed by atoms with Gasteiger partial charge in [0.2, 0.25) is 5.91 Å². The number of anilines is 1. The molecular weight excluding hydrogens is 278 g/mol. The van der Waals surface area contributed by atoms with Crippen molar-refractivity contribution in [3.63, 3.8) is 0 Å². The highest BCUT2D eigenvalue weighted by molar-refractivity contribution is 8.00. The summed E-state index contributed by atoms with van der Waals surface area (Å²) >= 11 is 1.27. The fraction of sp³-hybridized carbons (Fsp3) is 0.385. The van der Waals surface area contributed by atoms with Crippen molar-refractivity contribution in [3.8, 4) is 0 Å². The first-order chi connectivity index (χ1) is 9.60. The fourth-order valence-corrected chi connectivity index (χ4v) is 2.38. The van der Waals surface area contributed by atoms with Gasteiger partial charge in [0.05, 0.1) is 11.9 Å². The molecule has 20 heavy (non-hydrogen) atoms. The molecule has 2 rings (SSSR count). The lowest BCUT2D eigenvalue weighted by atomic mass is 10.3. The van der Waals surface area contributed by atoms with E-state index in [1.807, 2.05) is 0 Å². The number of benzene rings is 1. The van der Waals surface area contributed by atoms with E-state index in [2.05, 4.69) is 10.3 Å². The molecule has 0 fully saturated rings. The van der Waals surface area contributed by atoms with E-state index in [4.69, 9.17) is 14.9 Å². The van der Waals surface area contributed by atoms with Crippen LogP contribution in [0, 0.1) is 0 Å². The zero-order valence-corrected chi connectivity index (χ0v) is 12.2. The summed E-state index contributed by atoms with van der Waals surface area (Å²) in [6.07, 6.45) is 0. The summed E-state index contributed by atoms with van der Waals surface area (Å²) in [7, 11) is 1.59. The average Bonchev–Trinajstić information content (AvgIpc) is 2.80. The maximum atomic E-state index is 11.8. The van der Waals surface area contributed by atoms with E-state index in [0.717, 1.165) is 0 Å². The lowest BCUT2D eigenvalue weighted by molar-refractivity contribution is -0.120. The van der Waals surface area contributed by atoms with Crippen molar-refractivity contribution in [2.75, 3.05) is 26.0 Å². The molecule has 2 aromatic rings. The molecule has 0 aliphatic heterocycles. The van der Waals surface area contributed by atoms with Gasteiger partial charge < -0.3 is 20.2 Å². The van der Waals surface area contributed by atoms with Crippen LogP contribution in [0.1, 0.15) is 6.92 Å². The van der Waals surface area contributed by atoms with Crippen LogP contribution in [0.25, 0.3) is 11.1 Å². The van der Waals surface area contributed by atoms with E-state index in [1.54, 1.807) is 32.2 Å². The number of nitrogens with zero attached hydrogens (tertiary/aromatic N) is 1. The first-order valence-corrected chi connectivity index (χ1v) is 7.07. The Labute approximate surface area is 121 Å². The summed E-state index contributed by atoms with van der Waals surface area (Å²) in [4.78, 5) is 16.1. The smallest absolute Gasteiger partial charge is 0.257 e. The molecule has 0 radical (unpaired) electrons. The summed E-state index contributed by atoms with van der Waals surface area (Å²) in [6.45, 7) is 2.78. The van der Waals surface area contributed by atoms with Gasteiger partial charge in [0.1, 0.15) is 5.52 Å². The summed E-state index contributed by atoms with van der Waals surface area (Å²) in [5, 5.41) is 2.94. The summed E-state index contributed by atoms with van der Waals surface area (Å²) in [5.41, 5.74) is 7.67. The van der Waals surface area contributed by atoms with Crippen molar-refractivity contribution in [1.82, 2.24) is 10.3 Å². The van der Waals surface area contributed by atoms with E-state index < -0.39 is 0 Å². The molecular formula is C13H17N3O3S. The molecule has 0 aliphatic carbocycles. The lowest BCUT2D eigenvalue weighted by Gasteiger charge is -2.09. The Hall–Kier alpha value is -1.73. The molecule has 108 valence electrons. The van der Waals surface area contributed by atoms with Crippen LogP contribution in [-0.2, 0) is 9.53 Å². The van der Waals surface area contributed by atoms with Crippen molar-refractivity contribution in [2.24, 2.45) is 0 Å². The van der Waals surface area contributed by atoms with Crippen LogP contribution in [0.5, 0.6) is 0 Å². The minimum Gasteiger partial charge on any atom is -0.431 e.